The number of hydrogen-bond acceptors (Lipinski definition) is 5. The Hall–Kier alpha value is -3.88. The standard InChI is InChI=1S/C36H39ClFN3O4/c1-5-30-33-29(39-40(30)4)21-43-18-16-22(3)20-41-34-27(14-15-28(37)32(33)34)26(35(41)36(42)44-6-2)10-8-17-45-31-11-7-9-23-19-24(38)12-13-25(23)31/h7,9,11-15,19,22H,5-6,8,10,16-18,20-21H2,1-4H3. The lowest BCUT2D eigenvalue weighted by molar-refractivity contribution is 0.0511. The number of fused-ring (bicyclic) bond motifs is 3. The molecule has 0 radical (unpaired) electrons. The van der Waals surface area contributed by atoms with E-state index in [-0.39, 0.29) is 24.3 Å². The third kappa shape index (κ3) is 5.93. The molecule has 0 amide bonds. The molecule has 3 heterocycles. The Labute approximate surface area is 267 Å². The van der Waals surface area contributed by atoms with E-state index in [0.717, 1.165) is 62.6 Å². The van der Waals surface area contributed by atoms with Gasteiger partial charge in [-0.1, -0.05) is 43.6 Å². The molecule has 1 aliphatic heterocycles. The molecule has 0 bridgehead atoms. The van der Waals surface area contributed by atoms with E-state index >= 15 is 0 Å². The number of halogens is 2. The maximum absolute atomic E-state index is 13.8. The first kappa shape index (κ1) is 31.1. The van der Waals surface area contributed by atoms with Crippen molar-refractivity contribution in [1.82, 2.24) is 14.3 Å². The van der Waals surface area contributed by atoms with Gasteiger partial charge in [0.05, 0.1) is 36.1 Å². The van der Waals surface area contributed by atoms with Crippen LogP contribution in [0.3, 0.4) is 0 Å². The van der Waals surface area contributed by atoms with Gasteiger partial charge in [0.1, 0.15) is 17.3 Å². The van der Waals surface area contributed by atoms with E-state index in [1.165, 1.54) is 12.1 Å². The van der Waals surface area contributed by atoms with Crippen LogP contribution in [0.15, 0.2) is 48.5 Å². The van der Waals surface area contributed by atoms with Crippen LogP contribution in [0.5, 0.6) is 5.75 Å². The molecule has 0 spiro atoms. The second-order valence-electron chi connectivity index (χ2n) is 11.7. The van der Waals surface area contributed by atoms with Crippen LogP contribution < -0.4 is 4.74 Å². The Bertz CT molecular complexity index is 1880. The van der Waals surface area contributed by atoms with E-state index in [1.54, 1.807) is 6.07 Å². The van der Waals surface area contributed by atoms with Gasteiger partial charge in [-0.05, 0) is 79.8 Å². The minimum atomic E-state index is -0.344. The smallest absolute Gasteiger partial charge is 0.355 e. The highest BCUT2D eigenvalue weighted by Crippen LogP contribution is 2.43. The van der Waals surface area contributed by atoms with Gasteiger partial charge in [-0.2, -0.15) is 5.10 Å². The van der Waals surface area contributed by atoms with Gasteiger partial charge in [-0.3, -0.25) is 4.68 Å². The minimum Gasteiger partial charge on any atom is -0.493 e. The number of aromatic nitrogens is 3. The summed E-state index contributed by atoms with van der Waals surface area (Å²) in [5.74, 6) is 0.314. The third-order valence-corrected chi connectivity index (χ3v) is 9.00. The van der Waals surface area contributed by atoms with Crippen molar-refractivity contribution in [2.45, 2.75) is 59.6 Å². The number of carbonyl (C=O) groups excluding carboxylic acids is 1. The Balaban J connectivity index is 1.47. The molecule has 1 atom stereocenters. The summed E-state index contributed by atoms with van der Waals surface area (Å²) in [5.41, 5.74) is 6.17. The zero-order valence-electron chi connectivity index (χ0n) is 26.3. The van der Waals surface area contributed by atoms with Crippen molar-refractivity contribution in [2.75, 3.05) is 19.8 Å². The van der Waals surface area contributed by atoms with Gasteiger partial charge in [-0.15, -0.1) is 0 Å². The summed E-state index contributed by atoms with van der Waals surface area (Å²) in [5, 5.41) is 8.08. The molecule has 45 heavy (non-hydrogen) atoms. The number of carbonyl (C=O) groups is 1. The van der Waals surface area contributed by atoms with Crippen LogP contribution in [0.4, 0.5) is 4.39 Å². The summed E-state index contributed by atoms with van der Waals surface area (Å²) < 4.78 is 35.9. The van der Waals surface area contributed by atoms with E-state index in [9.17, 15) is 9.18 Å². The summed E-state index contributed by atoms with van der Waals surface area (Å²) in [6.45, 7) is 8.40. The van der Waals surface area contributed by atoms with Crippen molar-refractivity contribution in [3.8, 4) is 16.9 Å². The van der Waals surface area contributed by atoms with Crippen LogP contribution in [0.2, 0.25) is 5.02 Å². The molecule has 1 aliphatic rings. The molecule has 0 fully saturated rings. The van der Waals surface area contributed by atoms with Gasteiger partial charge < -0.3 is 18.8 Å². The second-order valence-corrected chi connectivity index (χ2v) is 12.1. The maximum Gasteiger partial charge on any atom is 0.355 e. The van der Waals surface area contributed by atoms with Crippen molar-refractivity contribution >= 4 is 39.2 Å². The SMILES string of the molecule is CCOC(=O)c1c(CCCOc2cccc3cc(F)ccc23)c2ccc(Cl)c3c2n1CC(C)CCOCc1nn(C)c(CC)c1-3. The van der Waals surface area contributed by atoms with Crippen LogP contribution in [0.1, 0.15) is 61.1 Å². The Morgan fingerprint density at radius 2 is 1.96 bits per heavy atom. The quantitative estimate of drug-likeness (QED) is 0.127. The number of ether oxygens (including phenoxy) is 3. The van der Waals surface area contributed by atoms with Gasteiger partial charge in [-0.25, -0.2) is 9.18 Å². The zero-order valence-corrected chi connectivity index (χ0v) is 27.0. The summed E-state index contributed by atoms with van der Waals surface area (Å²) in [4.78, 5) is 13.8. The highest BCUT2D eigenvalue weighted by Gasteiger charge is 2.30. The Morgan fingerprint density at radius 3 is 2.76 bits per heavy atom. The van der Waals surface area contributed by atoms with Crippen molar-refractivity contribution in [3.63, 3.8) is 0 Å². The maximum atomic E-state index is 13.8. The Morgan fingerprint density at radius 1 is 1.13 bits per heavy atom. The molecule has 6 rings (SSSR count). The number of aryl methyl sites for hydroxylation is 2. The van der Waals surface area contributed by atoms with Gasteiger partial charge in [0.15, 0.2) is 0 Å². The van der Waals surface area contributed by atoms with Crippen LogP contribution >= 0.6 is 11.6 Å². The number of rotatable bonds is 8. The fraction of sp³-hybridized carbons (Fsp3) is 0.389. The van der Waals surface area contributed by atoms with Gasteiger partial charge >= 0.3 is 5.97 Å². The molecule has 0 saturated carbocycles. The normalized spacial score (nSPS) is 15.2. The monoisotopic (exact) mass is 631 g/mol. The number of benzene rings is 3. The first-order valence-corrected chi connectivity index (χ1v) is 16.1. The highest BCUT2D eigenvalue weighted by atomic mass is 35.5. The molecule has 236 valence electrons. The molecular weight excluding hydrogens is 593 g/mol. The van der Waals surface area contributed by atoms with Crippen LogP contribution in [-0.4, -0.2) is 40.1 Å². The van der Waals surface area contributed by atoms with Gasteiger partial charge in [0.25, 0.3) is 0 Å². The molecule has 1 unspecified atom stereocenters. The summed E-state index contributed by atoms with van der Waals surface area (Å²) in [6, 6.07) is 14.3. The number of nitrogens with zero attached hydrogens (tertiary/aromatic N) is 3. The molecule has 7 nitrogen and oxygen atoms in total. The van der Waals surface area contributed by atoms with E-state index in [4.69, 9.17) is 30.9 Å². The highest BCUT2D eigenvalue weighted by molar-refractivity contribution is 6.35. The second kappa shape index (κ2) is 13.2. The Kier molecular flexibility index (Phi) is 9.15. The lowest BCUT2D eigenvalue weighted by Crippen LogP contribution is -2.18. The van der Waals surface area contributed by atoms with Gasteiger partial charge in [0, 0.05) is 47.8 Å². The molecule has 2 aromatic heterocycles. The van der Waals surface area contributed by atoms with E-state index in [2.05, 4.69) is 18.4 Å². The first-order chi connectivity index (χ1) is 21.8. The molecule has 0 saturated heterocycles. The van der Waals surface area contributed by atoms with Crippen molar-refractivity contribution in [1.29, 1.82) is 0 Å². The van der Waals surface area contributed by atoms with E-state index in [1.807, 2.05) is 49.0 Å². The minimum absolute atomic E-state index is 0.232. The summed E-state index contributed by atoms with van der Waals surface area (Å²) in [7, 11) is 1.95. The van der Waals surface area contributed by atoms with E-state index in [0.29, 0.717) is 55.7 Å². The molecular formula is C36H39ClFN3O4. The lowest BCUT2D eigenvalue weighted by Gasteiger charge is -2.18. The van der Waals surface area contributed by atoms with Crippen molar-refractivity contribution in [3.05, 3.63) is 82.0 Å². The van der Waals surface area contributed by atoms with Crippen molar-refractivity contribution in [2.24, 2.45) is 13.0 Å². The number of hydrogen-bond donors (Lipinski definition) is 0. The van der Waals surface area contributed by atoms with Crippen LogP contribution in [0, 0.1) is 11.7 Å². The molecule has 9 heteroatoms. The van der Waals surface area contributed by atoms with Crippen molar-refractivity contribution < 1.29 is 23.4 Å². The largest absolute Gasteiger partial charge is 0.493 e. The fourth-order valence-electron chi connectivity index (χ4n) is 6.65. The molecule has 0 N–H and O–H groups in total. The summed E-state index contributed by atoms with van der Waals surface area (Å²) >= 11 is 7.08. The average Bonchev–Trinajstić information content (AvgIpc) is 3.49. The zero-order chi connectivity index (χ0) is 31.7. The predicted octanol–water partition coefficient (Wildman–Crippen LogP) is 8.29. The fourth-order valence-corrected chi connectivity index (χ4v) is 6.90. The van der Waals surface area contributed by atoms with Crippen LogP contribution in [0.25, 0.3) is 32.8 Å². The topological polar surface area (TPSA) is 67.5 Å². The molecule has 0 aliphatic carbocycles. The molecule has 3 aromatic carbocycles. The average molecular weight is 632 g/mol. The predicted molar refractivity (Wildman–Crippen MR) is 176 cm³/mol. The molecule has 5 aromatic rings. The van der Waals surface area contributed by atoms with E-state index < -0.39 is 0 Å². The van der Waals surface area contributed by atoms with Gasteiger partial charge in [0.2, 0.25) is 0 Å². The summed E-state index contributed by atoms with van der Waals surface area (Å²) in [6.07, 6.45) is 2.84. The first-order valence-electron chi connectivity index (χ1n) is 15.8. The van der Waals surface area contributed by atoms with Crippen LogP contribution in [-0.2, 0) is 42.5 Å². The number of esters is 1. The lowest BCUT2D eigenvalue weighted by atomic mass is 9.97. The third-order valence-electron chi connectivity index (χ3n) is 8.69.